The van der Waals surface area contributed by atoms with Gasteiger partial charge in [-0.3, -0.25) is 0 Å². The number of amides is 1. The van der Waals surface area contributed by atoms with E-state index in [1.54, 1.807) is 0 Å². The third-order valence-electron chi connectivity index (χ3n) is 5.23. The van der Waals surface area contributed by atoms with Crippen molar-refractivity contribution in [2.45, 2.75) is 31.7 Å². The van der Waals surface area contributed by atoms with Crippen molar-refractivity contribution >= 4 is 63.6 Å². The summed E-state index contributed by atoms with van der Waals surface area (Å²) in [5.74, 6) is 1.05. The van der Waals surface area contributed by atoms with Gasteiger partial charge in [0.05, 0.1) is 11.4 Å². The molecule has 1 amide bonds. The third kappa shape index (κ3) is 5.08. The lowest BCUT2D eigenvalue weighted by Crippen LogP contribution is -2.33. The van der Waals surface area contributed by atoms with Crippen molar-refractivity contribution in [2.24, 2.45) is 0 Å². The molecule has 6 nitrogen and oxygen atoms in total. The minimum atomic E-state index is -2.18. The third-order valence-corrected chi connectivity index (χ3v) is 5.46. The Morgan fingerprint density at radius 1 is 0.871 bits per heavy atom. The van der Waals surface area contributed by atoms with Crippen molar-refractivity contribution in [3.8, 4) is 11.5 Å². The van der Waals surface area contributed by atoms with Gasteiger partial charge >= 0.3 is 10.1 Å². The summed E-state index contributed by atoms with van der Waals surface area (Å²) < 4.78 is 9.10. The highest BCUT2D eigenvalue weighted by Crippen LogP contribution is 2.49. The van der Waals surface area contributed by atoms with Gasteiger partial charge in [-0.25, -0.2) is 9.69 Å². The van der Waals surface area contributed by atoms with Gasteiger partial charge in [-0.1, -0.05) is 0 Å². The van der Waals surface area contributed by atoms with Gasteiger partial charge in [-0.2, -0.15) is 0 Å². The number of carbonyl (C=O) groups excluding carboxylic acids is 1. The summed E-state index contributed by atoms with van der Waals surface area (Å²) in [4.78, 5) is 18.7. The Morgan fingerprint density at radius 3 is 1.65 bits per heavy atom. The number of hydrogen-bond donors (Lipinski definition) is 0. The number of carbonyl (C=O) groups is 1. The van der Waals surface area contributed by atoms with E-state index in [9.17, 15) is 4.79 Å². The standard InChI is InChI=1S/C22H26Cl3N3O3/c1-5-26(6-2)15-9-11-17-19(13-15)30-20-14-16(27(7-3)8-4)10-12-18(20)28(17)21(29)31-22(23,24)25/h9-14H,5-8H2,1-4H3. The molecule has 1 aliphatic rings. The molecule has 0 N–H and O–H groups in total. The van der Waals surface area contributed by atoms with Gasteiger partial charge in [-0.05, 0) is 86.8 Å². The summed E-state index contributed by atoms with van der Waals surface area (Å²) in [6, 6.07) is 11.3. The molecule has 1 aliphatic heterocycles. The van der Waals surface area contributed by atoms with Crippen LogP contribution in [-0.4, -0.2) is 36.3 Å². The van der Waals surface area contributed by atoms with Crippen LogP contribution in [0.4, 0.5) is 27.5 Å². The van der Waals surface area contributed by atoms with Crippen LogP contribution in [0.1, 0.15) is 27.7 Å². The zero-order valence-electron chi connectivity index (χ0n) is 18.0. The van der Waals surface area contributed by atoms with E-state index in [0.717, 1.165) is 37.6 Å². The Bertz CT molecular complexity index is 880. The van der Waals surface area contributed by atoms with Crippen molar-refractivity contribution in [3.63, 3.8) is 0 Å². The van der Waals surface area contributed by atoms with Crippen LogP contribution in [0.2, 0.25) is 0 Å². The number of anilines is 4. The fourth-order valence-electron chi connectivity index (χ4n) is 3.70. The smallest absolute Gasteiger partial charge is 0.422 e. The van der Waals surface area contributed by atoms with E-state index in [0.29, 0.717) is 22.9 Å². The Balaban J connectivity index is 2.11. The molecule has 2 aromatic rings. The minimum Gasteiger partial charge on any atom is -0.453 e. The van der Waals surface area contributed by atoms with Crippen LogP contribution in [0.25, 0.3) is 0 Å². The normalized spacial score (nSPS) is 12.5. The van der Waals surface area contributed by atoms with E-state index in [-0.39, 0.29) is 0 Å². The quantitative estimate of drug-likeness (QED) is 0.408. The molecular weight excluding hydrogens is 461 g/mol. The molecule has 2 aromatic carbocycles. The number of benzene rings is 2. The van der Waals surface area contributed by atoms with E-state index < -0.39 is 10.1 Å². The van der Waals surface area contributed by atoms with Crippen LogP contribution in [0, 0.1) is 0 Å². The van der Waals surface area contributed by atoms with Gasteiger partial charge in [0.25, 0.3) is 0 Å². The van der Waals surface area contributed by atoms with E-state index >= 15 is 0 Å². The monoisotopic (exact) mass is 485 g/mol. The molecule has 9 heteroatoms. The number of fused-ring (bicyclic) bond motifs is 2. The zero-order valence-corrected chi connectivity index (χ0v) is 20.3. The van der Waals surface area contributed by atoms with Crippen molar-refractivity contribution in [1.82, 2.24) is 0 Å². The van der Waals surface area contributed by atoms with E-state index in [1.165, 1.54) is 4.90 Å². The van der Waals surface area contributed by atoms with Crippen molar-refractivity contribution < 1.29 is 14.3 Å². The van der Waals surface area contributed by atoms with E-state index in [1.807, 2.05) is 36.4 Å². The maximum atomic E-state index is 13.0. The van der Waals surface area contributed by atoms with Gasteiger partial charge in [0, 0.05) is 49.7 Å². The van der Waals surface area contributed by atoms with Crippen LogP contribution < -0.4 is 19.4 Å². The van der Waals surface area contributed by atoms with Crippen LogP contribution in [-0.2, 0) is 4.74 Å². The number of alkyl halides is 3. The van der Waals surface area contributed by atoms with Crippen molar-refractivity contribution in [3.05, 3.63) is 36.4 Å². The topological polar surface area (TPSA) is 45.2 Å². The first-order valence-corrected chi connectivity index (χ1v) is 11.4. The SMILES string of the molecule is CCN(CC)c1ccc2c(c1)Oc1cc(N(CC)CC)ccc1N2C(=O)OC(Cl)(Cl)Cl. The average molecular weight is 487 g/mol. The Hall–Kier alpha value is -2.02. The number of halogens is 3. The highest BCUT2D eigenvalue weighted by atomic mass is 35.6. The van der Waals surface area contributed by atoms with Crippen LogP contribution in [0.3, 0.4) is 0 Å². The van der Waals surface area contributed by atoms with Gasteiger partial charge in [-0.15, -0.1) is 0 Å². The molecule has 0 saturated heterocycles. The average Bonchev–Trinajstić information content (AvgIpc) is 2.72. The molecule has 0 radical (unpaired) electrons. The molecule has 31 heavy (non-hydrogen) atoms. The summed E-state index contributed by atoms with van der Waals surface area (Å²) in [5.41, 5.74) is 3.00. The molecule has 0 spiro atoms. The predicted octanol–water partition coefficient (Wildman–Crippen LogP) is 7.09. The first kappa shape index (κ1) is 23.6. The molecule has 0 bridgehead atoms. The molecular formula is C22H26Cl3N3O3. The van der Waals surface area contributed by atoms with E-state index in [4.69, 9.17) is 44.3 Å². The second-order valence-electron chi connectivity index (χ2n) is 6.90. The maximum Gasteiger partial charge on any atom is 0.422 e. The van der Waals surface area contributed by atoms with Crippen LogP contribution >= 0.6 is 34.8 Å². The summed E-state index contributed by atoms with van der Waals surface area (Å²) in [7, 11) is 0. The molecule has 1 heterocycles. The van der Waals surface area contributed by atoms with Crippen LogP contribution in [0.15, 0.2) is 36.4 Å². The van der Waals surface area contributed by atoms with Gasteiger partial charge in [0.15, 0.2) is 11.5 Å². The Morgan fingerprint density at radius 2 is 1.29 bits per heavy atom. The zero-order chi connectivity index (χ0) is 22.8. The number of ether oxygens (including phenoxy) is 2. The van der Waals surface area contributed by atoms with Gasteiger partial charge in [0.1, 0.15) is 0 Å². The van der Waals surface area contributed by atoms with Crippen molar-refractivity contribution in [1.29, 1.82) is 0 Å². The highest BCUT2D eigenvalue weighted by Gasteiger charge is 2.35. The molecule has 0 fully saturated rings. The summed E-state index contributed by atoms with van der Waals surface area (Å²) in [5, 5.41) is 0. The second-order valence-corrected chi connectivity index (χ2v) is 9.08. The fourth-order valence-corrected chi connectivity index (χ4v) is 3.90. The van der Waals surface area contributed by atoms with Crippen LogP contribution in [0.5, 0.6) is 11.5 Å². The van der Waals surface area contributed by atoms with Gasteiger partial charge in [0.2, 0.25) is 0 Å². The summed E-state index contributed by atoms with van der Waals surface area (Å²) >= 11 is 17.2. The number of rotatable bonds is 6. The second kappa shape index (κ2) is 9.63. The lowest BCUT2D eigenvalue weighted by Gasteiger charge is -2.33. The van der Waals surface area contributed by atoms with Gasteiger partial charge < -0.3 is 19.3 Å². The maximum absolute atomic E-state index is 13.0. The highest BCUT2D eigenvalue weighted by molar-refractivity contribution is 6.66. The van der Waals surface area contributed by atoms with E-state index in [2.05, 4.69) is 37.5 Å². The lowest BCUT2D eigenvalue weighted by atomic mass is 10.1. The summed E-state index contributed by atoms with van der Waals surface area (Å²) in [6.45, 7) is 11.7. The molecule has 3 rings (SSSR count). The predicted molar refractivity (Wildman–Crippen MR) is 129 cm³/mol. The molecule has 0 atom stereocenters. The fraction of sp³-hybridized carbons (Fsp3) is 0.409. The Kier molecular flexibility index (Phi) is 7.35. The Labute approximate surface area is 198 Å². The van der Waals surface area contributed by atoms with Crippen molar-refractivity contribution in [2.75, 3.05) is 40.9 Å². The summed E-state index contributed by atoms with van der Waals surface area (Å²) in [6.07, 6.45) is -0.808. The largest absolute Gasteiger partial charge is 0.453 e. The lowest BCUT2D eigenvalue weighted by molar-refractivity contribution is 0.154. The number of hydrogen-bond acceptors (Lipinski definition) is 5. The minimum absolute atomic E-state index is 0.512. The molecule has 0 unspecified atom stereocenters. The number of nitrogens with zero attached hydrogens (tertiary/aromatic N) is 3. The molecule has 168 valence electrons. The first-order valence-electron chi connectivity index (χ1n) is 10.3. The molecule has 0 aromatic heterocycles. The first-order chi connectivity index (χ1) is 14.7. The molecule has 0 saturated carbocycles. The molecule has 0 aliphatic carbocycles.